The number of rotatable bonds is 5. The van der Waals surface area contributed by atoms with Gasteiger partial charge in [-0.1, -0.05) is 12.1 Å². The first kappa shape index (κ1) is 14.1. The van der Waals surface area contributed by atoms with E-state index in [0.717, 1.165) is 0 Å². The van der Waals surface area contributed by atoms with Gasteiger partial charge < -0.3 is 15.4 Å². The van der Waals surface area contributed by atoms with Crippen LogP contribution in [0.3, 0.4) is 0 Å². The highest BCUT2D eigenvalue weighted by atomic mass is 19.4. The summed E-state index contributed by atoms with van der Waals surface area (Å²) in [7, 11) is 0. The summed E-state index contributed by atoms with van der Waals surface area (Å²) in [6.07, 6.45) is -4.76. The largest absolute Gasteiger partial charge is 0.573 e. The molecule has 0 heterocycles. The van der Waals surface area contributed by atoms with E-state index < -0.39 is 6.36 Å². The van der Waals surface area contributed by atoms with Gasteiger partial charge in [0.15, 0.2) is 5.75 Å². The highest BCUT2D eigenvalue weighted by Crippen LogP contribution is 2.29. The van der Waals surface area contributed by atoms with Crippen LogP contribution in [-0.4, -0.2) is 25.4 Å². The van der Waals surface area contributed by atoms with Crippen LogP contribution in [0.2, 0.25) is 0 Å². The summed E-state index contributed by atoms with van der Waals surface area (Å²) in [5.74, 6) is -0.673. The van der Waals surface area contributed by atoms with Crippen molar-refractivity contribution in [2.45, 2.75) is 13.3 Å². The number of para-hydroxylation sites is 2. The van der Waals surface area contributed by atoms with Gasteiger partial charge in [0.05, 0.1) is 12.2 Å². The molecule has 1 amide bonds. The van der Waals surface area contributed by atoms with Crippen molar-refractivity contribution in [2.24, 2.45) is 0 Å². The van der Waals surface area contributed by atoms with E-state index in [1.165, 1.54) is 18.2 Å². The minimum Gasteiger partial charge on any atom is -0.404 e. The molecule has 100 valence electrons. The van der Waals surface area contributed by atoms with E-state index in [2.05, 4.69) is 15.4 Å². The van der Waals surface area contributed by atoms with Crippen LogP contribution in [0.15, 0.2) is 24.3 Å². The maximum absolute atomic E-state index is 12.1. The summed E-state index contributed by atoms with van der Waals surface area (Å²) in [5, 5.41) is 5.10. The SMILES string of the molecule is CCNC(=O)CNc1ccccc1OC(F)(F)F. The van der Waals surface area contributed by atoms with Gasteiger partial charge in [0, 0.05) is 6.54 Å². The van der Waals surface area contributed by atoms with Crippen molar-refractivity contribution in [3.8, 4) is 5.75 Å². The monoisotopic (exact) mass is 262 g/mol. The van der Waals surface area contributed by atoms with Crippen LogP contribution >= 0.6 is 0 Å². The molecule has 0 fully saturated rings. The zero-order valence-corrected chi connectivity index (χ0v) is 9.67. The van der Waals surface area contributed by atoms with Crippen molar-refractivity contribution in [1.29, 1.82) is 0 Å². The third kappa shape index (κ3) is 4.94. The highest BCUT2D eigenvalue weighted by molar-refractivity contribution is 5.81. The molecule has 4 nitrogen and oxygen atoms in total. The van der Waals surface area contributed by atoms with Crippen molar-refractivity contribution in [3.63, 3.8) is 0 Å². The second kappa shape index (κ2) is 6.13. The molecule has 1 rings (SSSR count). The maximum atomic E-state index is 12.1. The Labute approximate surface area is 102 Å². The van der Waals surface area contributed by atoms with E-state index in [4.69, 9.17) is 0 Å². The Morgan fingerprint density at radius 2 is 2.00 bits per heavy atom. The molecule has 0 bridgehead atoms. The molecule has 0 radical (unpaired) electrons. The quantitative estimate of drug-likeness (QED) is 0.854. The average Bonchev–Trinajstić information content (AvgIpc) is 2.26. The number of hydrogen-bond donors (Lipinski definition) is 2. The number of carbonyl (C=O) groups excluding carboxylic acids is 1. The van der Waals surface area contributed by atoms with Gasteiger partial charge in [-0.2, -0.15) is 0 Å². The number of benzene rings is 1. The lowest BCUT2D eigenvalue weighted by Crippen LogP contribution is -2.29. The first-order valence-electron chi connectivity index (χ1n) is 5.27. The predicted octanol–water partition coefficient (Wildman–Crippen LogP) is 2.13. The topological polar surface area (TPSA) is 50.4 Å². The van der Waals surface area contributed by atoms with Crippen molar-refractivity contribution >= 4 is 11.6 Å². The minimum absolute atomic E-state index is 0.112. The van der Waals surface area contributed by atoms with Gasteiger partial charge in [-0.05, 0) is 19.1 Å². The lowest BCUT2D eigenvalue weighted by atomic mass is 10.3. The summed E-state index contributed by atoms with van der Waals surface area (Å²) in [4.78, 5) is 11.2. The lowest BCUT2D eigenvalue weighted by molar-refractivity contribution is -0.274. The third-order valence-corrected chi connectivity index (χ3v) is 1.93. The number of likely N-dealkylation sites (N-methyl/N-ethyl adjacent to an activating group) is 1. The molecule has 7 heteroatoms. The molecule has 18 heavy (non-hydrogen) atoms. The molecule has 0 saturated carbocycles. The minimum atomic E-state index is -4.76. The Kier molecular flexibility index (Phi) is 4.82. The molecular formula is C11H13F3N2O2. The van der Waals surface area contributed by atoms with Gasteiger partial charge in [-0.3, -0.25) is 4.79 Å². The van der Waals surface area contributed by atoms with Gasteiger partial charge in [-0.25, -0.2) is 0 Å². The number of nitrogens with one attached hydrogen (secondary N) is 2. The maximum Gasteiger partial charge on any atom is 0.573 e. The predicted molar refractivity (Wildman–Crippen MR) is 60.3 cm³/mol. The fraction of sp³-hybridized carbons (Fsp3) is 0.364. The van der Waals surface area contributed by atoms with Crippen molar-refractivity contribution in [2.75, 3.05) is 18.4 Å². The summed E-state index contributed by atoms with van der Waals surface area (Å²) in [6, 6.07) is 5.54. The summed E-state index contributed by atoms with van der Waals surface area (Å²) in [6.45, 7) is 2.09. The molecule has 0 spiro atoms. The van der Waals surface area contributed by atoms with Crippen molar-refractivity contribution in [1.82, 2.24) is 5.32 Å². The van der Waals surface area contributed by atoms with Crippen LogP contribution in [0, 0.1) is 0 Å². The van der Waals surface area contributed by atoms with Gasteiger partial charge in [0.1, 0.15) is 0 Å². The number of hydrogen-bond acceptors (Lipinski definition) is 3. The standard InChI is InChI=1S/C11H13F3N2O2/c1-2-15-10(17)7-16-8-5-3-4-6-9(8)18-11(12,13)14/h3-6,16H,2,7H2,1H3,(H,15,17). The number of alkyl halides is 3. The van der Waals surface area contributed by atoms with Gasteiger partial charge in [0.25, 0.3) is 0 Å². The molecule has 2 N–H and O–H groups in total. The highest BCUT2D eigenvalue weighted by Gasteiger charge is 2.32. The van der Waals surface area contributed by atoms with E-state index in [9.17, 15) is 18.0 Å². The normalized spacial score (nSPS) is 10.9. The van der Waals surface area contributed by atoms with Gasteiger partial charge in [-0.15, -0.1) is 13.2 Å². The summed E-state index contributed by atoms with van der Waals surface area (Å²) >= 11 is 0. The second-order valence-electron chi connectivity index (χ2n) is 3.35. The first-order chi connectivity index (χ1) is 8.42. The van der Waals surface area contributed by atoms with Crippen LogP contribution in [0.1, 0.15) is 6.92 Å². The number of carbonyl (C=O) groups is 1. The lowest BCUT2D eigenvalue weighted by Gasteiger charge is -2.14. The molecule has 1 aromatic rings. The Morgan fingerprint density at radius 1 is 1.33 bits per heavy atom. The van der Waals surface area contributed by atoms with Crippen LogP contribution in [0.4, 0.5) is 18.9 Å². The zero-order valence-electron chi connectivity index (χ0n) is 9.67. The van der Waals surface area contributed by atoms with Crippen molar-refractivity contribution in [3.05, 3.63) is 24.3 Å². The van der Waals surface area contributed by atoms with Crippen molar-refractivity contribution < 1.29 is 22.7 Å². The Hall–Kier alpha value is -1.92. The summed E-state index contributed by atoms with van der Waals surface area (Å²) < 4.78 is 40.2. The van der Waals surface area contributed by atoms with Crippen LogP contribution < -0.4 is 15.4 Å². The Bertz CT molecular complexity index is 408. The fourth-order valence-corrected chi connectivity index (χ4v) is 1.26. The Balaban J connectivity index is 2.67. The van der Waals surface area contributed by atoms with E-state index in [1.54, 1.807) is 13.0 Å². The number of ether oxygens (including phenoxy) is 1. The molecule has 1 aromatic carbocycles. The molecule has 0 unspecified atom stereocenters. The molecule has 0 saturated heterocycles. The Morgan fingerprint density at radius 3 is 2.61 bits per heavy atom. The van der Waals surface area contributed by atoms with E-state index >= 15 is 0 Å². The van der Waals surface area contributed by atoms with Crippen LogP contribution in [0.25, 0.3) is 0 Å². The van der Waals surface area contributed by atoms with Gasteiger partial charge in [0.2, 0.25) is 5.91 Å². The molecular weight excluding hydrogens is 249 g/mol. The molecule has 0 aromatic heterocycles. The second-order valence-corrected chi connectivity index (χ2v) is 3.35. The molecule has 0 aliphatic carbocycles. The van der Waals surface area contributed by atoms with E-state index in [0.29, 0.717) is 6.54 Å². The molecule has 0 aliphatic heterocycles. The average molecular weight is 262 g/mol. The zero-order chi connectivity index (χ0) is 13.6. The third-order valence-electron chi connectivity index (χ3n) is 1.93. The van der Waals surface area contributed by atoms with E-state index in [1.807, 2.05) is 0 Å². The smallest absolute Gasteiger partial charge is 0.404 e. The van der Waals surface area contributed by atoms with E-state index in [-0.39, 0.29) is 23.9 Å². The number of halogens is 3. The first-order valence-corrected chi connectivity index (χ1v) is 5.27. The summed E-state index contributed by atoms with van der Waals surface area (Å²) in [5.41, 5.74) is 0.112. The number of amides is 1. The van der Waals surface area contributed by atoms with Crippen LogP contribution in [0.5, 0.6) is 5.75 Å². The molecule has 0 atom stereocenters. The van der Waals surface area contributed by atoms with Gasteiger partial charge >= 0.3 is 6.36 Å². The fourth-order valence-electron chi connectivity index (χ4n) is 1.26. The molecule has 0 aliphatic rings. The number of anilines is 1. The van der Waals surface area contributed by atoms with Crippen LogP contribution in [-0.2, 0) is 4.79 Å².